The Labute approximate surface area is 237 Å². The Bertz CT molecular complexity index is 1410. The number of anilines is 1. The number of aromatic nitrogens is 1. The van der Waals surface area contributed by atoms with Crippen molar-refractivity contribution in [2.45, 2.75) is 72.8 Å². The Balaban J connectivity index is 1.55. The van der Waals surface area contributed by atoms with Crippen molar-refractivity contribution in [1.82, 2.24) is 9.88 Å². The highest BCUT2D eigenvalue weighted by Crippen LogP contribution is 2.38. The SMILES string of the molecule is CC1=CCC([C@@H](C)N(C/C=C/c2cc3c(cc2C)CC(c2cccnc2NC=O)C3)C(=O)C(C)(C)C)=CC(F)=C1. The summed E-state index contributed by atoms with van der Waals surface area (Å²) in [6.07, 6.45) is 14.0. The Morgan fingerprint density at radius 2 is 1.93 bits per heavy atom. The molecule has 2 aliphatic carbocycles. The van der Waals surface area contributed by atoms with Crippen LogP contribution in [-0.4, -0.2) is 34.8 Å². The third kappa shape index (κ3) is 6.67. The summed E-state index contributed by atoms with van der Waals surface area (Å²) in [7, 11) is 0. The monoisotopic (exact) mass is 541 g/mol. The molecule has 40 heavy (non-hydrogen) atoms. The van der Waals surface area contributed by atoms with Crippen LogP contribution < -0.4 is 5.32 Å². The van der Waals surface area contributed by atoms with Gasteiger partial charge in [-0.05, 0) is 97.6 Å². The molecule has 1 heterocycles. The molecule has 0 saturated heterocycles. The molecule has 2 aromatic rings. The van der Waals surface area contributed by atoms with Gasteiger partial charge in [-0.25, -0.2) is 9.37 Å². The number of nitrogens with one attached hydrogen (secondary N) is 1. The first-order valence-electron chi connectivity index (χ1n) is 14.0. The fraction of sp³-hybridized carbons (Fsp3) is 0.382. The Morgan fingerprint density at radius 3 is 2.62 bits per heavy atom. The van der Waals surface area contributed by atoms with Crippen LogP contribution in [0, 0.1) is 12.3 Å². The van der Waals surface area contributed by atoms with Gasteiger partial charge in [0.15, 0.2) is 0 Å². The van der Waals surface area contributed by atoms with Crippen LogP contribution in [0.4, 0.5) is 10.2 Å². The molecule has 2 atom stereocenters. The predicted octanol–water partition coefficient (Wildman–Crippen LogP) is 7.25. The molecule has 0 saturated carbocycles. The first-order valence-corrected chi connectivity index (χ1v) is 14.0. The lowest BCUT2D eigenvalue weighted by Gasteiger charge is -2.35. The molecule has 0 radical (unpaired) electrons. The van der Waals surface area contributed by atoms with Crippen molar-refractivity contribution < 1.29 is 14.0 Å². The van der Waals surface area contributed by atoms with Crippen LogP contribution in [0.15, 0.2) is 71.7 Å². The maximum Gasteiger partial charge on any atom is 0.228 e. The third-order valence-corrected chi connectivity index (χ3v) is 7.85. The molecule has 0 fully saturated rings. The largest absolute Gasteiger partial charge is 0.332 e. The molecule has 210 valence electrons. The summed E-state index contributed by atoms with van der Waals surface area (Å²) in [5, 5.41) is 2.74. The van der Waals surface area contributed by atoms with Gasteiger partial charge in [0.1, 0.15) is 11.6 Å². The maximum absolute atomic E-state index is 14.4. The summed E-state index contributed by atoms with van der Waals surface area (Å²) in [4.78, 5) is 30.8. The molecule has 0 bridgehead atoms. The van der Waals surface area contributed by atoms with E-state index in [-0.39, 0.29) is 23.7 Å². The van der Waals surface area contributed by atoms with Gasteiger partial charge in [0.25, 0.3) is 0 Å². The van der Waals surface area contributed by atoms with Crippen LogP contribution in [-0.2, 0) is 22.4 Å². The van der Waals surface area contributed by atoms with Crippen molar-refractivity contribution in [2.24, 2.45) is 5.41 Å². The average molecular weight is 542 g/mol. The Kier molecular flexibility index (Phi) is 8.87. The molecule has 2 aliphatic rings. The highest BCUT2D eigenvalue weighted by molar-refractivity contribution is 5.82. The molecule has 1 unspecified atom stereocenters. The number of benzene rings is 1. The second-order valence-corrected chi connectivity index (χ2v) is 12.0. The fourth-order valence-electron chi connectivity index (χ4n) is 5.60. The summed E-state index contributed by atoms with van der Waals surface area (Å²) in [6.45, 7) is 12.2. The van der Waals surface area contributed by atoms with E-state index in [0.29, 0.717) is 25.2 Å². The zero-order valence-corrected chi connectivity index (χ0v) is 24.4. The van der Waals surface area contributed by atoms with Crippen LogP contribution >= 0.6 is 0 Å². The number of rotatable bonds is 8. The zero-order chi connectivity index (χ0) is 29.0. The normalized spacial score (nSPS) is 17.9. The summed E-state index contributed by atoms with van der Waals surface area (Å²) in [5.41, 5.74) is 7.17. The van der Waals surface area contributed by atoms with Crippen molar-refractivity contribution >= 4 is 24.2 Å². The third-order valence-electron chi connectivity index (χ3n) is 7.85. The minimum atomic E-state index is -0.560. The van der Waals surface area contributed by atoms with E-state index in [4.69, 9.17) is 0 Å². The number of carbonyl (C=O) groups excluding carboxylic acids is 2. The van der Waals surface area contributed by atoms with Gasteiger partial charge in [0.05, 0.1) is 6.04 Å². The van der Waals surface area contributed by atoms with E-state index >= 15 is 0 Å². The summed E-state index contributed by atoms with van der Waals surface area (Å²) >= 11 is 0. The number of nitrogens with zero attached hydrogens (tertiary/aromatic N) is 2. The van der Waals surface area contributed by atoms with Crippen molar-refractivity contribution in [2.75, 3.05) is 11.9 Å². The smallest absolute Gasteiger partial charge is 0.228 e. The highest BCUT2D eigenvalue weighted by Gasteiger charge is 2.31. The van der Waals surface area contributed by atoms with E-state index in [1.807, 2.05) is 63.8 Å². The summed E-state index contributed by atoms with van der Waals surface area (Å²) < 4.78 is 14.4. The van der Waals surface area contributed by atoms with Gasteiger partial charge in [-0.15, -0.1) is 0 Å². The number of hydrogen-bond acceptors (Lipinski definition) is 3. The first-order chi connectivity index (χ1) is 19.0. The molecule has 0 spiro atoms. The molecule has 0 aliphatic heterocycles. The number of aryl methyl sites for hydroxylation is 1. The maximum atomic E-state index is 14.4. The minimum absolute atomic E-state index is 0.0320. The molecule has 4 rings (SSSR count). The van der Waals surface area contributed by atoms with Crippen LogP contribution in [0.25, 0.3) is 6.08 Å². The number of amides is 2. The molecule has 2 amide bonds. The van der Waals surface area contributed by atoms with Gasteiger partial charge in [-0.2, -0.15) is 0 Å². The second-order valence-electron chi connectivity index (χ2n) is 12.0. The lowest BCUT2D eigenvalue weighted by atomic mass is 9.92. The van der Waals surface area contributed by atoms with E-state index < -0.39 is 5.41 Å². The van der Waals surface area contributed by atoms with Crippen molar-refractivity contribution in [3.8, 4) is 0 Å². The molecule has 5 nitrogen and oxygen atoms in total. The minimum Gasteiger partial charge on any atom is -0.332 e. The number of allylic oxidation sites excluding steroid dienone is 5. The molecular formula is C34H40FN3O2. The molecule has 6 heteroatoms. The summed E-state index contributed by atoms with van der Waals surface area (Å²) in [6, 6.07) is 8.19. The molecule has 1 N–H and O–H groups in total. The van der Waals surface area contributed by atoms with E-state index in [2.05, 4.69) is 35.4 Å². The van der Waals surface area contributed by atoms with E-state index in [9.17, 15) is 14.0 Å². The first kappa shape index (κ1) is 29.2. The second kappa shape index (κ2) is 12.2. The average Bonchev–Trinajstić information content (AvgIpc) is 3.21. The number of carbonyl (C=O) groups is 2. The molecule has 1 aromatic heterocycles. The van der Waals surface area contributed by atoms with Crippen LogP contribution in [0.1, 0.15) is 74.8 Å². The van der Waals surface area contributed by atoms with E-state index in [0.717, 1.165) is 35.1 Å². The zero-order valence-electron chi connectivity index (χ0n) is 24.4. The van der Waals surface area contributed by atoms with Gasteiger partial charge < -0.3 is 10.2 Å². The topological polar surface area (TPSA) is 62.3 Å². The van der Waals surface area contributed by atoms with Gasteiger partial charge in [0.2, 0.25) is 12.3 Å². The number of hydrogen-bond donors (Lipinski definition) is 1. The fourth-order valence-corrected chi connectivity index (χ4v) is 5.60. The molecule has 1 aromatic carbocycles. The van der Waals surface area contributed by atoms with Crippen molar-refractivity contribution in [1.29, 1.82) is 0 Å². The summed E-state index contributed by atoms with van der Waals surface area (Å²) in [5.74, 6) is 0.629. The van der Waals surface area contributed by atoms with Crippen LogP contribution in [0.3, 0.4) is 0 Å². The van der Waals surface area contributed by atoms with Crippen molar-refractivity contribution in [3.05, 3.63) is 99.6 Å². The van der Waals surface area contributed by atoms with Gasteiger partial charge in [0, 0.05) is 18.2 Å². The predicted molar refractivity (Wildman–Crippen MR) is 161 cm³/mol. The quantitative estimate of drug-likeness (QED) is 0.358. The van der Waals surface area contributed by atoms with E-state index in [1.54, 1.807) is 12.3 Å². The molecular weight excluding hydrogens is 501 g/mol. The lowest BCUT2D eigenvalue weighted by molar-refractivity contribution is -0.140. The Hall–Kier alpha value is -3.80. The number of fused-ring (bicyclic) bond motifs is 1. The van der Waals surface area contributed by atoms with Gasteiger partial charge >= 0.3 is 0 Å². The van der Waals surface area contributed by atoms with Gasteiger partial charge in [-0.1, -0.05) is 62.8 Å². The highest BCUT2D eigenvalue weighted by atomic mass is 19.1. The number of pyridine rings is 1. The van der Waals surface area contributed by atoms with Crippen LogP contribution in [0.2, 0.25) is 0 Å². The number of halogens is 1. The van der Waals surface area contributed by atoms with E-state index in [1.165, 1.54) is 22.8 Å². The van der Waals surface area contributed by atoms with Crippen molar-refractivity contribution in [3.63, 3.8) is 0 Å². The van der Waals surface area contributed by atoms with Gasteiger partial charge in [-0.3, -0.25) is 9.59 Å². The van der Waals surface area contributed by atoms with Crippen LogP contribution in [0.5, 0.6) is 0 Å². The standard InChI is InChI=1S/C34H40FN3O2/c1-22-11-12-26(20-30(35)15-22)24(3)38(33(40)34(4,5)6)14-8-9-25-17-28-19-29(18-27(28)16-23(25)2)31-10-7-13-36-32(31)37-21-39/h7-11,13,15-17,20-21,24,29H,12,14,18-19H2,1-6H3,(H,36,37,39)/b9-8+/t24-,29?/m1/s1. The lowest BCUT2D eigenvalue weighted by Crippen LogP contribution is -2.45. The Morgan fingerprint density at radius 1 is 1.20 bits per heavy atom.